The van der Waals surface area contributed by atoms with E-state index in [0.29, 0.717) is 23.9 Å². The lowest BCUT2D eigenvalue weighted by molar-refractivity contribution is 0.0702. The minimum Gasteiger partial charge on any atom is -0.451 e. The van der Waals surface area contributed by atoms with Gasteiger partial charge in [-0.25, -0.2) is 14.4 Å². The number of hydrogen-bond acceptors (Lipinski definition) is 6. The Hall–Kier alpha value is -2.74. The van der Waals surface area contributed by atoms with Crippen LogP contribution in [0.1, 0.15) is 50.4 Å². The Morgan fingerprint density at radius 1 is 1.34 bits per heavy atom. The van der Waals surface area contributed by atoms with Gasteiger partial charge >= 0.3 is 0 Å². The predicted octanol–water partition coefficient (Wildman–Crippen LogP) is 3.86. The van der Waals surface area contributed by atoms with Gasteiger partial charge in [0.15, 0.2) is 11.6 Å². The third-order valence-electron chi connectivity index (χ3n) is 6.47. The van der Waals surface area contributed by atoms with Gasteiger partial charge < -0.3 is 19.9 Å². The highest BCUT2D eigenvalue weighted by molar-refractivity contribution is 5.97. The van der Waals surface area contributed by atoms with Crippen LogP contribution in [0.2, 0.25) is 0 Å². The highest BCUT2D eigenvalue weighted by atomic mass is 19.1. The molecule has 7 nitrogen and oxygen atoms in total. The lowest BCUT2D eigenvalue weighted by atomic mass is 9.87. The van der Waals surface area contributed by atoms with Gasteiger partial charge in [0, 0.05) is 37.6 Å². The van der Waals surface area contributed by atoms with E-state index in [9.17, 15) is 9.18 Å². The Balaban J connectivity index is 1.62. The molecule has 1 aromatic heterocycles. The van der Waals surface area contributed by atoms with Crippen molar-refractivity contribution in [2.24, 2.45) is 5.41 Å². The monoisotopic (exact) mass is 441 g/mol. The van der Waals surface area contributed by atoms with E-state index in [1.54, 1.807) is 11.1 Å². The maximum atomic E-state index is 14.1. The van der Waals surface area contributed by atoms with E-state index in [1.165, 1.54) is 24.5 Å². The molecular weight excluding hydrogens is 409 g/mol. The number of carbonyl (C=O) groups is 1. The molecule has 0 saturated carbocycles. The molecule has 1 spiro atoms. The Bertz CT molecular complexity index is 961. The van der Waals surface area contributed by atoms with Crippen molar-refractivity contribution in [3.05, 3.63) is 42.1 Å². The van der Waals surface area contributed by atoms with Crippen molar-refractivity contribution in [3.8, 4) is 11.5 Å². The fraction of sp³-hybridized carbons (Fsp3) is 0.542. The van der Waals surface area contributed by atoms with Crippen molar-refractivity contribution >= 4 is 11.7 Å². The third kappa shape index (κ3) is 4.55. The van der Waals surface area contributed by atoms with Gasteiger partial charge in [0.2, 0.25) is 0 Å². The zero-order chi connectivity index (χ0) is 22.7. The van der Waals surface area contributed by atoms with Gasteiger partial charge in [-0.3, -0.25) is 4.79 Å². The summed E-state index contributed by atoms with van der Waals surface area (Å²) in [5.74, 6) is 0.779. The van der Waals surface area contributed by atoms with E-state index < -0.39 is 5.82 Å². The standard InChI is InChI=1S/C24H32FN5O2/c1-4-10-30(17(2)3)23(31)19-12-18(25)5-6-20(19)32-21-13-27-16-28-22(21)29-11-8-24(15-29)7-9-26-14-24/h5-6,12-13,16-17,26H,4,7-11,14-15H2,1-3H3. The highest BCUT2D eigenvalue weighted by Crippen LogP contribution is 2.41. The first kappa shape index (κ1) is 22.5. The summed E-state index contributed by atoms with van der Waals surface area (Å²) in [4.78, 5) is 25.9. The number of anilines is 1. The van der Waals surface area contributed by atoms with Gasteiger partial charge in [-0.05, 0) is 57.9 Å². The first-order valence-electron chi connectivity index (χ1n) is 11.5. The van der Waals surface area contributed by atoms with Crippen LogP contribution in [0.3, 0.4) is 0 Å². The molecule has 1 N–H and O–H groups in total. The van der Waals surface area contributed by atoms with E-state index in [-0.39, 0.29) is 22.9 Å². The Kier molecular flexibility index (Phi) is 6.60. The molecule has 2 aliphatic rings. The number of halogens is 1. The van der Waals surface area contributed by atoms with Crippen LogP contribution in [0, 0.1) is 11.2 Å². The molecule has 3 heterocycles. The van der Waals surface area contributed by atoms with Crippen LogP contribution < -0.4 is 15.0 Å². The van der Waals surface area contributed by atoms with Crippen LogP contribution in [0.25, 0.3) is 0 Å². The second-order valence-electron chi connectivity index (χ2n) is 9.14. The number of carbonyl (C=O) groups excluding carboxylic acids is 1. The molecule has 2 saturated heterocycles. The van der Waals surface area contributed by atoms with Crippen molar-refractivity contribution in [1.82, 2.24) is 20.2 Å². The van der Waals surface area contributed by atoms with Crippen LogP contribution >= 0.6 is 0 Å². The summed E-state index contributed by atoms with van der Waals surface area (Å²) in [6, 6.07) is 4.07. The first-order valence-corrected chi connectivity index (χ1v) is 11.5. The zero-order valence-corrected chi connectivity index (χ0v) is 19.1. The summed E-state index contributed by atoms with van der Waals surface area (Å²) in [6.45, 7) is 10.4. The minimum absolute atomic E-state index is 0.00463. The van der Waals surface area contributed by atoms with Crippen LogP contribution in [-0.2, 0) is 0 Å². The molecular formula is C24H32FN5O2. The average molecular weight is 442 g/mol. The normalized spacial score (nSPS) is 20.3. The molecule has 0 bridgehead atoms. The zero-order valence-electron chi connectivity index (χ0n) is 19.1. The fourth-order valence-corrected chi connectivity index (χ4v) is 4.75. The van der Waals surface area contributed by atoms with Crippen molar-refractivity contribution in [3.63, 3.8) is 0 Å². The molecule has 0 aliphatic carbocycles. The second kappa shape index (κ2) is 9.40. The van der Waals surface area contributed by atoms with Gasteiger partial charge in [-0.1, -0.05) is 6.92 Å². The van der Waals surface area contributed by atoms with E-state index in [2.05, 4.69) is 20.2 Å². The lowest BCUT2D eigenvalue weighted by Gasteiger charge is -2.27. The topological polar surface area (TPSA) is 70.6 Å². The number of hydrogen-bond donors (Lipinski definition) is 1. The van der Waals surface area contributed by atoms with Crippen molar-refractivity contribution in [2.45, 2.75) is 46.1 Å². The minimum atomic E-state index is -0.472. The molecule has 1 aromatic carbocycles. The summed E-state index contributed by atoms with van der Waals surface area (Å²) in [6.07, 6.45) is 6.20. The molecule has 4 rings (SSSR count). The number of aromatic nitrogens is 2. The predicted molar refractivity (Wildman–Crippen MR) is 122 cm³/mol. The summed E-state index contributed by atoms with van der Waals surface area (Å²) in [7, 11) is 0. The summed E-state index contributed by atoms with van der Waals surface area (Å²) < 4.78 is 20.3. The smallest absolute Gasteiger partial charge is 0.257 e. The number of benzene rings is 1. The summed E-state index contributed by atoms with van der Waals surface area (Å²) in [5.41, 5.74) is 0.483. The van der Waals surface area contributed by atoms with Gasteiger partial charge in [0.25, 0.3) is 5.91 Å². The molecule has 32 heavy (non-hydrogen) atoms. The van der Waals surface area contributed by atoms with E-state index in [1.807, 2.05) is 20.8 Å². The largest absolute Gasteiger partial charge is 0.451 e. The molecule has 8 heteroatoms. The summed E-state index contributed by atoms with van der Waals surface area (Å²) >= 11 is 0. The molecule has 1 amide bonds. The lowest BCUT2D eigenvalue weighted by Crippen LogP contribution is -2.37. The van der Waals surface area contributed by atoms with Crippen LogP contribution in [0.4, 0.5) is 10.2 Å². The van der Waals surface area contributed by atoms with Crippen molar-refractivity contribution < 1.29 is 13.9 Å². The summed E-state index contributed by atoms with van der Waals surface area (Å²) in [5, 5.41) is 3.47. The van der Waals surface area contributed by atoms with Gasteiger partial charge in [-0.15, -0.1) is 0 Å². The SMILES string of the molecule is CCCN(C(=O)c1cc(F)ccc1Oc1cncnc1N1CCC2(CCNC2)C1)C(C)C. The van der Waals surface area contributed by atoms with Crippen LogP contribution in [0.15, 0.2) is 30.7 Å². The number of nitrogens with zero attached hydrogens (tertiary/aromatic N) is 4. The van der Waals surface area contributed by atoms with Crippen molar-refractivity contribution in [2.75, 3.05) is 37.6 Å². The quantitative estimate of drug-likeness (QED) is 0.704. The molecule has 0 radical (unpaired) electrons. The number of ether oxygens (including phenoxy) is 1. The number of rotatable bonds is 7. The number of nitrogens with one attached hydrogen (secondary N) is 1. The van der Waals surface area contributed by atoms with E-state index in [4.69, 9.17) is 4.74 Å². The molecule has 2 fully saturated rings. The number of amides is 1. The molecule has 172 valence electrons. The molecule has 1 unspecified atom stereocenters. The maximum absolute atomic E-state index is 14.1. The van der Waals surface area contributed by atoms with Gasteiger partial charge in [-0.2, -0.15) is 0 Å². The van der Waals surface area contributed by atoms with E-state index in [0.717, 1.165) is 45.4 Å². The molecule has 1 atom stereocenters. The average Bonchev–Trinajstić information content (AvgIpc) is 3.42. The second-order valence-corrected chi connectivity index (χ2v) is 9.14. The Morgan fingerprint density at radius 2 is 2.19 bits per heavy atom. The van der Waals surface area contributed by atoms with Crippen LogP contribution in [-0.4, -0.2) is 59.5 Å². The van der Waals surface area contributed by atoms with E-state index >= 15 is 0 Å². The third-order valence-corrected chi connectivity index (χ3v) is 6.47. The first-order chi connectivity index (χ1) is 15.4. The molecule has 2 aliphatic heterocycles. The van der Waals surface area contributed by atoms with Gasteiger partial charge in [0.1, 0.15) is 17.9 Å². The molecule has 2 aromatic rings. The van der Waals surface area contributed by atoms with Crippen molar-refractivity contribution in [1.29, 1.82) is 0 Å². The van der Waals surface area contributed by atoms with Crippen LogP contribution in [0.5, 0.6) is 11.5 Å². The maximum Gasteiger partial charge on any atom is 0.257 e. The fourth-order valence-electron chi connectivity index (χ4n) is 4.75. The highest BCUT2D eigenvalue weighted by Gasteiger charge is 2.41. The van der Waals surface area contributed by atoms with Gasteiger partial charge in [0.05, 0.1) is 11.8 Å². The Labute approximate surface area is 189 Å². The Morgan fingerprint density at radius 3 is 2.91 bits per heavy atom.